The van der Waals surface area contributed by atoms with Crippen molar-refractivity contribution in [3.05, 3.63) is 94.3 Å². The number of hydrogen-bond donors (Lipinski definition) is 2. The van der Waals surface area contributed by atoms with Crippen molar-refractivity contribution in [3.63, 3.8) is 0 Å². The molecular weight excluding hydrogens is 590 g/mol. The average molecular weight is 618 g/mol. The molecule has 1 unspecified atom stereocenters. The van der Waals surface area contributed by atoms with Gasteiger partial charge in [0.2, 0.25) is 11.8 Å². The maximum absolute atomic E-state index is 14.7. The normalized spacial score (nSPS) is 11.9. The van der Waals surface area contributed by atoms with Gasteiger partial charge in [0.05, 0.1) is 32.0 Å². The Balaban J connectivity index is 1.23. The second-order valence-electron chi connectivity index (χ2n) is 9.43. The number of carbonyl (C=O) groups is 2. The van der Waals surface area contributed by atoms with Gasteiger partial charge in [-0.2, -0.15) is 0 Å². The maximum atomic E-state index is 14.7. The molecule has 16 heteroatoms. The van der Waals surface area contributed by atoms with E-state index < -0.39 is 29.7 Å². The monoisotopic (exact) mass is 617 g/mol. The smallest absolute Gasteiger partial charge is 0.481 e. The molecule has 0 saturated carbocycles. The van der Waals surface area contributed by atoms with Gasteiger partial charge >= 0.3 is 6.36 Å². The Morgan fingerprint density at radius 1 is 1.09 bits per heavy atom. The summed E-state index contributed by atoms with van der Waals surface area (Å²) in [6.07, 6.45) is -3.68. The van der Waals surface area contributed by atoms with Gasteiger partial charge in [0, 0.05) is 37.1 Å². The number of amides is 2. The van der Waals surface area contributed by atoms with Gasteiger partial charge in [0.15, 0.2) is 5.69 Å². The largest absolute Gasteiger partial charge is 0.573 e. The summed E-state index contributed by atoms with van der Waals surface area (Å²) < 4.78 is 63.2. The highest BCUT2D eigenvalue weighted by atomic mass is 19.4. The molecule has 0 bridgehead atoms. The summed E-state index contributed by atoms with van der Waals surface area (Å²) in [5.74, 6) is -1.09. The number of ether oxygens (including phenoxy) is 2. The minimum Gasteiger partial charge on any atom is -0.481 e. The van der Waals surface area contributed by atoms with Crippen LogP contribution in [-0.2, 0) is 30.8 Å². The Kier molecular flexibility index (Phi) is 10.3. The number of aromatic nitrogens is 5. The van der Waals surface area contributed by atoms with Crippen LogP contribution in [0.25, 0.3) is 0 Å². The van der Waals surface area contributed by atoms with E-state index >= 15 is 0 Å². The summed E-state index contributed by atoms with van der Waals surface area (Å²) in [4.78, 5) is 41.4. The van der Waals surface area contributed by atoms with Crippen LogP contribution in [-0.4, -0.2) is 56.0 Å². The van der Waals surface area contributed by atoms with Crippen molar-refractivity contribution in [3.8, 4) is 11.6 Å². The molecule has 12 nitrogen and oxygen atoms in total. The van der Waals surface area contributed by atoms with Gasteiger partial charge in [-0.1, -0.05) is 23.4 Å². The number of pyridine rings is 2. The van der Waals surface area contributed by atoms with Crippen LogP contribution >= 0.6 is 0 Å². The number of methoxy groups -OCH3 is 1. The minimum absolute atomic E-state index is 0.0237. The van der Waals surface area contributed by atoms with Crippen LogP contribution in [0.4, 0.5) is 23.2 Å². The number of carbonyl (C=O) groups excluding carboxylic acids is 2. The molecule has 3 heterocycles. The third kappa shape index (κ3) is 9.64. The summed E-state index contributed by atoms with van der Waals surface area (Å²) >= 11 is 0. The van der Waals surface area contributed by atoms with Crippen LogP contribution in [0.5, 0.6) is 11.6 Å². The molecule has 0 aliphatic rings. The Hall–Kier alpha value is -5.28. The second-order valence-corrected chi connectivity index (χ2v) is 9.43. The van der Waals surface area contributed by atoms with Gasteiger partial charge in [-0.05, 0) is 36.2 Å². The van der Waals surface area contributed by atoms with Crippen molar-refractivity contribution in [2.75, 3.05) is 12.4 Å². The first kappa shape index (κ1) is 31.7. The fraction of sp³-hybridized carbons (Fsp3) is 0.286. The Labute approximate surface area is 247 Å². The lowest BCUT2D eigenvalue weighted by molar-refractivity contribution is -0.274. The van der Waals surface area contributed by atoms with Crippen molar-refractivity contribution in [2.45, 2.75) is 45.0 Å². The molecule has 3 aromatic heterocycles. The molecule has 0 aliphatic heterocycles. The van der Waals surface area contributed by atoms with E-state index in [1.54, 1.807) is 18.2 Å². The van der Waals surface area contributed by atoms with Gasteiger partial charge in [-0.3, -0.25) is 14.4 Å². The summed E-state index contributed by atoms with van der Waals surface area (Å²) in [7, 11) is 1.47. The van der Waals surface area contributed by atoms with Crippen LogP contribution in [0, 0.1) is 0 Å². The van der Waals surface area contributed by atoms with Crippen LogP contribution in [0.15, 0.2) is 71.8 Å². The predicted octanol–water partition coefficient (Wildman–Crippen LogP) is 3.28. The SMILES string of the molecule is COc1cccc(CC(=O)Nc2ccn(CCC(F)Cn3cc(C(=O)NCc4cccc(OC(F)(F)F)c4)nn3)c(=O)c2)n1. The molecule has 0 radical (unpaired) electrons. The number of halogens is 4. The lowest BCUT2D eigenvalue weighted by Crippen LogP contribution is -2.24. The third-order valence-corrected chi connectivity index (χ3v) is 6.04. The zero-order valence-corrected chi connectivity index (χ0v) is 23.3. The van der Waals surface area contributed by atoms with Crippen LogP contribution in [0.1, 0.15) is 28.2 Å². The van der Waals surface area contributed by atoms with Crippen LogP contribution in [0.3, 0.4) is 0 Å². The first-order valence-electron chi connectivity index (χ1n) is 13.1. The van der Waals surface area contributed by atoms with E-state index in [1.165, 1.54) is 48.3 Å². The van der Waals surface area contributed by atoms with E-state index in [4.69, 9.17) is 4.74 Å². The maximum Gasteiger partial charge on any atom is 0.573 e. The highest BCUT2D eigenvalue weighted by Gasteiger charge is 2.31. The highest BCUT2D eigenvalue weighted by molar-refractivity contribution is 5.92. The molecular formula is C28H27F4N7O5. The zero-order valence-electron chi connectivity index (χ0n) is 23.3. The van der Waals surface area contributed by atoms with E-state index in [0.29, 0.717) is 17.1 Å². The fourth-order valence-corrected chi connectivity index (χ4v) is 4.00. The van der Waals surface area contributed by atoms with E-state index in [9.17, 15) is 31.9 Å². The van der Waals surface area contributed by atoms with E-state index in [1.807, 2.05) is 0 Å². The number of aryl methyl sites for hydroxylation is 1. The lowest BCUT2D eigenvalue weighted by atomic mass is 10.2. The number of nitrogens with one attached hydrogen (secondary N) is 2. The topological polar surface area (TPSA) is 142 Å². The molecule has 2 amide bonds. The van der Waals surface area contributed by atoms with E-state index in [0.717, 1.165) is 16.8 Å². The number of alkyl halides is 4. The molecule has 2 N–H and O–H groups in total. The predicted molar refractivity (Wildman–Crippen MR) is 148 cm³/mol. The summed E-state index contributed by atoms with van der Waals surface area (Å²) in [6, 6.07) is 12.9. The first-order valence-corrected chi connectivity index (χ1v) is 13.1. The number of anilines is 1. The van der Waals surface area contributed by atoms with Gasteiger partial charge < -0.3 is 24.7 Å². The average Bonchev–Trinajstić information content (AvgIpc) is 3.43. The fourth-order valence-electron chi connectivity index (χ4n) is 4.00. The molecule has 232 valence electrons. The zero-order chi connectivity index (χ0) is 31.7. The molecule has 0 spiro atoms. The van der Waals surface area contributed by atoms with Gasteiger partial charge in [0.1, 0.15) is 11.9 Å². The Morgan fingerprint density at radius 3 is 2.64 bits per heavy atom. The van der Waals surface area contributed by atoms with Gasteiger partial charge in [-0.15, -0.1) is 18.3 Å². The molecule has 4 rings (SSSR count). The summed E-state index contributed by atoms with van der Waals surface area (Å²) in [6.45, 7) is -0.303. The number of nitrogens with zero attached hydrogens (tertiary/aromatic N) is 5. The standard InChI is InChI=1S/C28H27F4N7O5/c1-43-25-7-3-5-20(35-25)13-24(40)34-21-9-11-38(26(41)14-21)10-8-19(29)16-39-17-23(36-37-39)27(42)33-15-18-4-2-6-22(12-18)44-28(30,31)32/h2-7,9,11-12,14,17,19H,8,10,13,15-16H2,1H3,(H,33,42)(H,34,40). The Bertz CT molecular complexity index is 1660. The molecule has 0 fully saturated rings. The van der Waals surface area contributed by atoms with Gasteiger partial charge in [-0.25, -0.2) is 14.1 Å². The number of benzene rings is 1. The summed E-state index contributed by atoms with van der Waals surface area (Å²) in [5, 5.41) is 12.6. The Morgan fingerprint density at radius 2 is 1.89 bits per heavy atom. The minimum atomic E-state index is -4.84. The van der Waals surface area contributed by atoms with Crippen molar-refractivity contribution < 1.29 is 36.6 Å². The first-order chi connectivity index (χ1) is 21.0. The van der Waals surface area contributed by atoms with Gasteiger partial charge in [0.25, 0.3) is 11.5 Å². The van der Waals surface area contributed by atoms with Crippen molar-refractivity contribution in [1.82, 2.24) is 29.9 Å². The van der Waals surface area contributed by atoms with Crippen molar-refractivity contribution in [1.29, 1.82) is 0 Å². The molecule has 0 saturated heterocycles. The van der Waals surface area contributed by atoms with Crippen LogP contribution < -0.4 is 25.7 Å². The quantitative estimate of drug-likeness (QED) is 0.218. The van der Waals surface area contributed by atoms with Crippen LogP contribution in [0.2, 0.25) is 0 Å². The molecule has 0 aliphatic carbocycles. The van der Waals surface area contributed by atoms with Crippen molar-refractivity contribution in [2.24, 2.45) is 0 Å². The van der Waals surface area contributed by atoms with E-state index in [-0.39, 0.29) is 49.8 Å². The third-order valence-electron chi connectivity index (χ3n) is 6.04. The molecule has 44 heavy (non-hydrogen) atoms. The highest BCUT2D eigenvalue weighted by Crippen LogP contribution is 2.23. The lowest BCUT2D eigenvalue weighted by Gasteiger charge is -2.11. The summed E-state index contributed by atoms with van der Waals surface area (Å²) in [5.41, 5.74) is 0.577. The number of rotatable bonds is 13. The van der Waals surface area contributed by atoms with E-state index in [2.05, 4.69) is 30.7 Å². The molecule has 4 aromatic rings. The molecule has 1 aromatic carbocycles. The molecule has 1 atom stereocenters. The van der Waals surface area contributed by atoms with Crippen molar-refractivity contribution >= 4 is 17.5 Å². The second kappa shape index (κ2) is 14.3. The number of hydrogen-bond acceptors (Lipinski definition) is 8.